The van der Waals surface area contributed by atoms with Gasteiger partial charge in [0.1, 0.15) is 5.82 Å². The lowest BCUT2D eigenvalue weighted by molar-refractivity contribution is -0.136. The van der Waals surface area contributed by atoms with Crippen molar-refractivity contribution in [1.29, 1.82) is 0 Å². The lowest BCUT2D eigenvalue weighted by Crippen LogP contribution is -2.13. The van der Waals surface area contributed by atoms with Crippen molar-refractivity contribution >= 4 is 21.7 Å². The van der Waals surface area contributed by atoms with E-state index in [2.05, 4.69) is 14.7 Å². The van der Waals surface area contributed by atoms with Gasteiger partial charge in [0.25, 0.3) is 10.0 Å². The fourth-order valence-corrected chi connectivity index (χ4v) is 2.69. The molecular formula is C12H13N3O4S. The summed E-state index contributed by atoms with van der Waals surface area (Å²) < 4.78 is 26.5. The summed E-state index contributed by atoms with van der Waals surface area (Å²) in [7, 11) is -3.75. The molecule has 1 heterocycles. The number of hydrogen-bond acceptors (Lipinski definition) is 4. The van der Waals surface area contributed by atoms with E-state index in [0.717, 1.165) is 0 Å². The van der Waals surface area contributed by atoms with E-state index in [9.17, 15) is 13.2 Å². The Balaban J connectivity index is 2.23. The predicted molar refractivity (Wildman–Crippen MR) is 71.9 cm³/mol. The number of aromatic amines is 1. The van der Waals surface area contributed by atoms with E-state index in [1.807, 2.05) is 0 Å². The lowest BCUT2D eigenvalue weighted by atomic mass is 10.1. The predicted octanol–water partition coefficient (Wildman–Crippen LogP) is 1.15. The largest absolute Gasteiger partial charge is 0.481 e. The monoisotopic (exact) mass is 295 g/mol. The molecule has 0 radical (unpaired) electrons. The Bertz CT molecular complexity index is 737. The van der Waals surface area contributed by atoms with Crippen LogP contribution in [0.3, 0.4) is 0 Å². The highest BCUT2D eigenvalue weighted by Gasteiger charge is 2.16. The van der Waals surface area contributed by atoms with Gasteiger partial charge >= 0.3 is 5.97 Å². The van der Waals surface area contributed by atoms with Crippen molar-refractivity contribution in [1.82, 2.24) is 9.97 Å². The maximum Gasteiger partial charge on any atom is 0.307 e. The second kappa shape index (κ2) is 5.33. The number of aliphatic carboxylic acids is 1. The molecule has 0 bridgehead atoms. The van der Waals surface area contributed by atoms with Crippen LogP contribution in [-0.4, -0.2) is 29.5 Å². The van der Waals surface area contributed by atoms with Gasteiger partial charge in [-0.05, 0) is 24.6 Å². The quantitative estimate of drug-likeness (QED) is 0.766. The van der Waals surface area contributed by atoms with Crippen molar-refractivity contribution in [3.05, 3.63) is 41.9 Å². The van der Waals surface area contributed by atoms with E-state index >= 15 is 0 Å². The standard InChI is InChI=1S/C12H13N3O4S/c1-8-13-7-11(14-8)20(18,19)15-10-4-2-3-9(5-10)6-12(16)17/h2-5,7,15H,6H2,1H3,(H,13,14)(H,16,17). The zero-order chi connectivity index (χ0) is 14.8. The van der Waals surface area contributed by atoms with Crippen molar-refractivity contribution in [3.8, 4) is 0 Å². The van der Waals surface area contributed by atoms with Crippen LogP contribution in [0.15, 0.2) is 35.5 Å². The van der Waals surface area contributed by atoms with Crippen molar-refractivity contribution in [3.63, 3.8) is 0 Å². The molecule has 1 aromatic heterocycles. The molecule has 0 aliphatic heterocycles. The number of aryl methyl sites for hydroxylation is 1. The molecule has 0 unspecified atom stereocenters. The zero-order valence-corrected chi connectivity index (χ0v) is 11.4. The Morgan fingerprint density at radius 3 is 2.80 bits per heavy atom. The fraction of sp³-hybridized carbons (Fsp3) is 0.167. The highest BCUT2D eigenvalue weighted by molar-refractivity contribution is 7.92. The minimum absolute atomic E-state index is 0.0429. The summed E-state index contributed by atoms with van der Waals surface area (Å²) in [5, 5.41) is 8.68. The number of imidazole rings is 1. The summed E-state index contributed by atoms with van der Waals surface area (Å²) in [5.74, 6) is -0.487. The summed E-state index contributed by atoms with van der Waals surface area (Å²) >= 11 is 0. The van der Waals surface area contributed by atoms with Crippen LogP contribution < -0.4 is 4.72 Å². The molecule has 0 spiro atoms. The molecule has 0 fully saturated rings. The Morgan fingerprint density at radius 1 is 1.45 bits per heavy atom. The third kappa shape index (κ3) is 3.35. The number of carboxylic acids is 1. The van der Waals surface area contributed by atoms with Gasteiger partial charge < -0.3 is 10.1 Å². The van der Waals surface area contributed by atoms with Crippen LogP contribution in [0.5, 0.6) is 0 Å². The summed E-state index contributed by atoms with van der Waals surface area (Å²) in [6, 6.07) is 6.24. The van der Waals surface area contributed by atoms with Gasteiger partial charge in [0.2, 0.25) is 0 Å². The van der Waals surface area contributed by atoms with Crippen LogP contribution in [0.4, 0.5) is 5.69 Å². The Hall–Kier alpha value is -2.35. The number of benzene rings is 1. The van der Waals surface area contributed by atoms with Crippen molar-refractivity contribution in [2.45, 2.75) is 18.4 Å². The maximum atomic E-state index is 12.0. The van der Waals surface area contributed by atoms with Crippen LogP contribution in [0.2, 0.25) is 0 Å². The molecule has 1 aromatic carbocycles. The first-order valence-electron chi connectivity index (χ1n) is 5.72. The number of carboxylic acid groups (broad SMARTS) is 1. The normalized spacial score (nSPS) is 11.2. The van der Waals surface area contributed by atoms with Gasteiger partial charge in [0.05, 0.1) is 12.6 Å². The number of hydrogen-bond donors (Lipinski definition) is 3. The number of H-pyrrole nitrogens is 1. The van der Waals surface area contributed by atoms with Gasteiger partial charge in [-0.3, -0.25) is 9.52 Å². The molecule has 0 aliphatic carbocycles. The van der Waals surface area contributed by atoms with Crippen LogP contribution in [-0.2, 0) is 21.2 Å². The molecule has 2 aromatic rings. The average molecular weight is 295 g/mol. The van der Waals surface area contributed by atoms with E-state index < -0.39 is 16.0 Å². The van der Waals surface area contributed by atoms with Crippen LogP contribution >= 0.6 is 0 Å². The average Bonchev–Trinajstić information content (AvgIpc) is 2.75. The van der Waals surface area contributed by atoms with Crippen LogP contribution in [0.25, 0.3) is 0 Å². The molecule has 8 heteroatoms. The molecule has 0 saturated heterocycles. The van der Waals surface area contributed by atoms with Gasteiger partial charge in [-0.2, -0.15) is 8.42 Å². The molecule has 2 rings (SSSR count). The highest BCUT2D eigenvalue weighted by atomic mass is 32.2. The molecule has 0 amide bonds. The van der Waals surface area contributed by atoms with Crippen molar-refractivity contribution in [2.24, 2.45) is 0 Å². The topological polar surface area (TPSA) is 112 Å². The van der Waals surface area contributed by atoms with E-state index in [4.69, 9.17) is 5.11 Å². The second-order valence-corrected chi connectivity index (χ2v) is 5.86. The molecule has 20 heavy (non-hydrogen) atoms. The number of aromatic nitrogens is 2. The molecule has 7 nitrogen and oxygen atoms in total. The van der Waals surface area contributed by atoms with E-state index in [1.54, 1.807) is 25.1 Å². The SMILES string of the molecule is Cc1ncc(S(=O)(=O)Nc2cccc(CC(=O)O)c2)[nH]1. The summed E-state index contributed by atoms with van der Waals surface area (Å²) in [6.07, 6.45) is 1.05. The minimum Gasteiger partial charge on any atom is -0.481 e. The first kappa shape index (κ1) is 14.1. The van der Waals surface area contributed by atoms with Gasteiger partial charge in [0.15, 0.2) is 5.03 Å². The zero-order valence-electron chi connectivity index (χ0n) is 10.6. The lowest BCUT2D eigenvalue weighted by Gasteiger charge is -2.07. The van der Waals surface area contributed by atoms with Crippen LogP contribution in [0.1, 0.15) is 11.4 Å². The molecule has 106 valence electrons. The highest BCUT2D eigenvalue weighted by Crippen LogP contribution is 2.16. The summed E-state index contributed by atoms with van der Waals surface area (Å²) in [5.41, 5.74) is 0.814. The van der Waals surface area contributed by atoms with E-state index in [0.29, 0.717) is 17.1 Å². The number of nitrogens with zero attached hydrogens (tertiary/aromatic N) is 1. The molecule has 0 atom stereocenters. The van der Waals surface area contributed by atoms with Crippen molar-refractivity contribution < 1.29 is 18.3 Å². The number of sulfonamides is 1. The smallest absolute Gasteiger partial charge is 0.307 e. The van der Waals surface area contributed by atoms with E-state index in [1.165, 1.54) is 12.3 Å². The van der Waals surface area contributed by atoms with Gasteiger partial charge in [0, 0.05) is 5.69 Å². The summed E-state index contributed by atoms with van der Waals surface area (Å²) in [4.78, 5) is 17.1. The Kier molecular flexibility index (Phi) is 3.75. The van der Waals surface area contributed by atoms with Gasteiger partial charge in [-0.15, -0.1) is 0 Å². The molecule has 0 aliphatic rings. The third-order valence-electron chi connectivity index (χ3n) is 2.50. The number of carbonyl (C=O) groups is 1. The third-order valence-corrected chi connectivity index (χ3v) is 3.79. The molecule has 0 saturated carbocycles. The van der Waals surface area contributed by atoms with Gasteiger partial charge in [-0.1, -0.05) is 12.1 Å². The minimum atomic E-state index is -3.75. The van der Waals surface area contributed by atoms with Crippen LogP contribution in [0, 0.1) is 6.92 Å². The number of rotatable bonds is 5. The molecule has 3 N–H and O–H groups in total. The summed E-state index contributed by atoms with van der Waals surface area (Å²) in [6.45, 7) is 1.65. The Morgan fingerprint density at radius 2 is 2.20 bits per heavy atom. The maximum absolute atomic E-state index is 12.0. The number of nitrogens with one attached hydrogen (secondary N) is 2. The Labute approximate surface area is 115 Å². The first-order chi connectivity index (χ1) is 9.37. The first-order valence-corrected chi connectivity index (χ1v) is 7.20. The second-order valence-electron chi connectivity index (χ2n) is 4.21. The van der Waals surface area contributed by atoms with Crippen molar-refractivity contribution in [2.75, 3.05) is 4.72 Å². The van der Waals surface area contributed by atoms with Gasteiger partial charge in [-0.25, -0.2) is 4.98 Å². The van der Waals surface area contributed by atoms with E-state index in [-0.39, 0.29) is 11.4 Å². The fourth-order valence-electron chi connectivity index (χ4n) is 1.66. The number of anilines is 1. The molecular weight excluding hydrogens is 282 g/mol.